The maximum absolute atomic E-state index is 10.5. The summed E-state index contributed by atoms with van der Waals surface area (Å²) in [7, 11) is 0. The van der Waals surface area contributed by atoms with Gasteiger partial charge in [0.1, 0.15) is 5.75 Å². The summed E-state index contributed by atoms with van der Waals surface area (Å²) in [6, 6.07) is 3.75. The lowest BCUT2D eigenvalue weighted by molar-refractivity contribution is -0.137. The fraction of sp³-hybridized carbons (Fsp3) is 0.500. The van der Waals surface area contributed by atoms with Gasteiger partial charge in [0.15, 0.2) is 0 Å². The van der Waals surface area contributed by atoms with E-state index in [0.717, 1.165) is 22.4 Å². The van der Waals surface area contributed by atoms with Crippen molar-refractivity contribution >= 4 is 5.97 Å². The normalized spacial score (nSPS) is 12.2. The summed E-state index contributed by atoms with van der Waals surface area (Å²) in [6.07, 6.45) is -0.549. The van der Waals surface area contributed by atoms with Crippen molar-refractivity contribution in [1.29, 1.82) is 0 Å². The number of aryl methyl sites for hydroxylation is 2. The van der Waals surface area contributed by atoms with Gasteiger partial charge in [0, 0.05) is 6.42 Å². The Morgan fingerprint density at radius 3 is 2.56 bits per heavy atom. The molecule has 4 heteroatoms. The van der Waals surface area contributed by atoms with Crippen LogP contribution in [0.5, 0.6) is 5.75 Å². The van der Waals surface area contributed by atoms with Crippen LogP contribution in [0.1, 0.15) is 42.6 Å². The van der Waals surface area contributed by atoms with Gasteiger partial charge in [0.2, 0.25) is 0 Å². The van der Waals surface area contributed by atoms with E-state index < -0.39 is 12.1 Å². The third kappa shape index (κ3) is 3.74. The minimum Gasteiger partial charge on any atom is -0.494 e. The molecule has 100 valence electrons. The largest absolute Gasteiger partial charge is 0.494 e. The summed E-state index contributed by atoms with van der Waals surface area (Å²) < 4.78 is 5.47. The van der Waals surface area contributed by atoms with Crippen LogP contribution in [0.25, 0.3) is 0 Å². The maximum atomic E-state index is 10.5. The molecule has 0 unspecified atom stereocenters. The molecule has 0 bridgehead atoms. The molecular formula is C14H20O4. The zero-order valence-electron chi connectivity index (χ0n) is 11.1. The summed E-state index contributed by atoms with van der Waals surface area (Å²) in [4.78, 5) is 10.5. The van der Waals surface area contributed by atoms with Gasteiger partial charge in [-0.15, -0.1) is 0 Å². The van der Waals surface area contributed by atoms with E-state index in [4.69, 9.17) is 9.84 Å². The topological polar surface area (TPSA) is 66.8 Å². The van der Waals surface area contributed by atoms with E-state index in [1.54, 1.807) is 0 Å². The van der Waals surface area contributed by atoms with Crippen molar-refractivity contribution in [3.05, 3.63) is 28.8 Å². The minimum atomic E-state index is -0.894. The Morgan fingerprint density at radius 2 is 2.00 bits per heavy atom. The van der Waals surface area contributed by atoms with Gasteiger partial charge in [-0.3, -0.25) is 4.79 Å². The van der Waals surface area contributed by atoms with Crippen molar-refractivity contribution in [2.75, 3.05) is 6.61 Å². The molecule has 0 radical (unpaired) electrons. The Morgan fingerprint density at radius 1 is 1.33 bits per heavy atom. The quantitative estimate of drug-likeness (QED) is 0.816. The molecule has 2 N–H and O–H groups in total. The number of aliphatic carboxylic acids is 1. The van der Waals surface area contributed by atoms with Crippen molar-refractivity contribution in [2.24, 2.45) is 0 Å². The molecule has 0 aliphatic carbocycles. The second kappa shape index (κ2) is 6.40. The zero-order chi connectivity index (χ0) is 13.7. The van der Waals surface area contributed by atoms with Gasteiger partial charge in [-0.2, -0.15) is 0 Å². The van der Waals surface area contributed by atoms with Crippen molar-refractivity contribution < 1.29 is 19.7 Å². The van der Waals surface area contributed by atoms with Gasteiger partial charge in [0.25, 0.3) is 0 Å². The van der Waals surface area contributed by atoms with Crippen LogP contribution in [-0.4, -0.2) is 22.8 Å². The molecule has 0 aliphatic rings. The van der Waals surface area contributed by atoms with E-state index in [-0.39, 0.29) is 12.8 Å². The second-order valence-corrected chi connectivity index (χ2v) is 4.36. The number of carboxylic acid groups (broad SMARTS) is 1. The molecule has 0 heterocycles. The van der Waals surface area contributed by atoms with Crippen molar-refractivity contribution in [3.63, 3.8) is 0 Å². The summed E-state index contributed by atoms with van der Waals surface area (Å²) in [5.74, 6) is -0.0847. The molecule has 0 amide bonds. The lowest BCUT2D eigenvalue weighted by atomic mass is 9.97. The highest BCUT2D eigenvalue weighted by Crippen LogP contribution is 2.28. The predicted molar refractivity (Wildman–Crippen MR) is 68.9 cm³/mol. The van der Waals surface area contributed by atoms with Gasteiger partial charge in [0.05, 0.1) is 12.7 Å². The van der Waals surface area contributed by atoms with Crippen LogP contribution in [0.2, 0.25) is 0 Å². The summed E-state index contributed by atoms with van der Waals surface area (Å²) in [6.45, 7) is 6.32. The SMILES string of the molecule is CCOc1cc(C)c([C@H](O)CCC(=O)O)cc1C. The number of rotatable bonds is 6. The van der Waals surface area contributed by atoms with Crippen LogP contribution in [0.4, 0.5) is 0 Å². The van der Waals surface area contributed by atoms with Gasteiger partial charge < -0.3 is 14.9 Å². The molecule has 1 atom stereocenters. The standard InChI is InChI=1S/C14H20O4/c1-4-18-13-8-9(2)11(7-10(13)3)12(15)5-6-14(16)17/h7-8,12,15H,4-6H2,1-3H3,(H,16,17)/t12-/m1/s1. The molecular weight excluding hydrogens is 232 g/mol. The Bertz CT molecular complexity index is 426. The van der Waals surface area contributed by atoms with Crippen LogP contribution < -0.4 is 4.74 Å². The van der Waals surface area contributed by atoms with Crippen LogP contribution in [-0.2, 0) is 4.79 Å². The smallest absolute Gasteiger partial charge is 0.303 e. The number of carboxylic acids is 1. The number of carbonyl (C=O) groups is 1. The first-order valence-electron chi connectivity index (χ1n) is 6.09. The third-order valence-corrected chi connectivity index (χ3v) is 2.85. The maximum Gasteiger partial charge on any atom is 0.303 e. The molecule has 18 heavy (non-hydrogen) atoms. The molecule has 4 nitrogen and oxygen atoms in total. The van der Waals surface area contributed by atoms with Crippen LogP contribution in [0.15, 0.2) is 12.1 Å². The van der Waals surface area contributed by atoms with Crippen molar-refractivity contribution in [3.8, 4) is 5.75 Å². The first kappa shape index (κ1) is 14.5. The number of benzene rings is 1. The minimum absolute atomic E-state index is 0.0349. The van der Waals surface area contributed by atoms with E-state index in [0.29, 0.717) is 6.61 Å². The average molecular weight is 252 g/mol. The highest BCUT2D eigenvalue weighted by Gasteiger charge is 2.14. The highest BCUT2D eigenvalue weighted by atomic mass is 16.5. The van der Waals surface area contributed by atoms with Crippen LogP contribution in [0.3, 0.4) is 0 Å². The summed E-state index contributed by atoms with van der Waals surface area (Å²) >= 11 is 0. The molecule has 0 spiro atoms. The van der Waals surface area contributed by atoms with Gasteiger partial charge in [-0.25, -0.2) is 0 Å². The molecule has 0 aliphatic heterocycles. The van der Waals surface area contributed by atoms with Crippen molar-refractivity contribution in [1.82, 2.24) is 0 Å². The highest BCUT2D eigenvalue weighted by molar-refractivity contribution is 5.66. The van der Waals surface area contributed by atoms with Crippen molar-refractivity contribution in [2.45, 2.75) is 39.7 Å². The zero-order valence-corrected chi connectivity index (χ0v) is 11.1. The fourth-order valence-corrected chi connectivity index (χ4v) is 1.90. The van der Waals surface area contributed by atoms with Gasteiger partial charge in [-0.1, -0.05) is 0 Å². The monoisotopic (exact) mass is 252 g/mol. The van der Waals surface area contributed by atoms with E-state index >= 15 is 0 Å². The van der Waals surface area contributed by atoms with E-state index in [1.807, 2.05) is 32.9 Å². The predicted octanol–water partition coefficient (Wildman–Crippen LogP) is 2.60. The van der Waals surface area contributed by atoms with E-state index in [9.17, 15) is 9.90 Å². The van der Waals surface area contributed by atoms with Crippen LogP contribution >= 0.6 is 0 Å². The number of ether oxygens (including phenoxy) is 1. The first-order valence-corrected chi connectivity index (χ1v) is 6.09. The van der Waals surface area contributed by atoms with Gasteiger partial charge >= 0.3 is 5.97 Å². The fourth-order valence-electron chi connectivity index (χ4n) is 1.90. The van der Waals surface area contributed by atoms with E-state index in [2.05, 4.69) is 0 Å². The Hall–Kier alpha value is -1.55. The van der Waals surface area contributed by atoms with E-state index in [1.165, 1.54) is 0 Å². The summed E-state index contributed by atoms with van der Waals surface area (Å²) in [5.41, 5.74) is 2.64. The van der Waals surface area contributed by atoms with Gasteiger partial charge in [-0.05, 0) is 56.0 Å². The molecule has 1 aromatic carbocycles. The molecule has 1 rings (SSSR count). The molecule has 0 saturated heterocycles. The first-order chi connectivity index (χ1) is 8.45. The second-order valence-electron chi connectivity index (χ2n) is 4.36. The molecule has 1 aromatic rings. The molecule has 0 saturated carbocycles. The molecule has 0 aromatic heterocycles. The average Bonchev–Trinajstić information content (AvgIpc) is 2.30. The Kier molecular flexibility index (Phi) is 5.16. The number of aliphatic hydroxyl groups is 1. The number of hydrogen-bond acceptors (Lipinski definition) is 3. The third-order valence-electron chi connectivity index (χ3n) is 2.85. The molecule has 0 fully saturated rings. The Labute approximate surface area is 107 Å². The number of hydrogen-bond donors (Lipinski definition) is 2. The lowest BCUT2D eigenvalue weighted by Gasteiger charge is -2.16. The number of aliphatic hydroxyl groups excluding tert-OH is 1. The lowest BCUT2D eigenvalue weighted by Crippen LogP contribution is -2.05. The Balaban J connectivity index is 2.89. The van der Waals surface area contributed by atoms with Crippen LogP contribution in [0, 0.1) is 13.8 Å². The summed E-state index contributed by atoms with van der Waals surface area (Å²) in [5, 5.41) is 18.6.